The molecule has 2 rings (SSSR count). The molecule has 0 radical (unpaired) electrons. The van der Waals surface area contributed by atoms with Crippen LogP contribution in [-0.2, 0) is 10.0 Å². The highest BCUT2D eigenvalue weighted by Gasteiger charge is 2.31. The summed E-state index contributed by atoms with van der Waals surface area (Å²) in [7, 11) is -3.46. The van der Waals surface area contributed by atoms with E-state index in [2.05, 4.69) is 0 Å². The van der Waals surface area contributed by atoms with Crippen molar-refractivity contribution in [1.82, 2.24) is 4.31 Å². The first kappa shape index (κ1) is 16.5. The second-order valence-electron chi connectivity index (χ2n) is 5.80. The Kier molecular flexibility index (Phi) is 5.41. The third-order valence-electron chi connectivity index (χ3n) is 3.90. The van der Waals surface area contributed by atoms with Crippen LogP contribution >= 0.6 is 0 Å². The first-order valence-electron chi connectivity index (χ1n) is 7.77. The van der Waals surface area contributed by atoms with E-state index in [0.29, 0.717) is 35.9 Å². The van der Waals surface area contributed by atoms with Gasteiger partial charge in [0.25, 0.3) is 0 Å². The number of sulfonamides is 1. The molecule has 0 saturated heterocycles. The van der Waals surface area contributed by atoms with Crippen LogP contribution < -0.4 is 0 Å². The molecule has 1 aliphatic rings. The summed E-state index contributed by atoms with van der Waals surface area (Å²) in [6.07, 6.45) is 3.03. The smallest absolute Gasteiger partial charge is 0.243 e. The third kappa shape index (κ3) is 4.05. The number of benzene rings is 1. The fourth-order valence-electron chi connectivity index (χ4n) is 2.41. The van der Waals surface area contributed by atoms with Crippen LogP contribution in [0.1, 0.15) is 51.2 Å². The molecule has 118 valence electrons. The SMILES string of the molecule is CCCN(CC1CC1)S(=O)(=O)c1cccc(C(O)CC)c1. The summed E-state index contributed by atoms with van der Waals surface area (Å²) >= 11 is 0. The van der Waals surface area contributed by atoms with Gasteiger partial charge in [0.05, 0.1) is 11.0 Å². The van der Waals surface area contributed by atoms with Crippen molar-refractivity contribution >= 4 is 10.0 Å². The molecule has 0 spiro atoms. The summed E-state index contributed by atoms with van der Waals surface area (Å²) in [6, 6.07) is 6.72. The molecule has 1 saturated carbocycles. The Labute approximate surface area is 127 Å². The summed E-state index contributed by atoms with van der Waals surface area (Å²) in [6.45, 7) is 5.05. The van der Waals surface area contributed by atoms with Crippen LogP contribution in [0.5, 0.6) is 0 Å². The van der Waals surface area contributed by atoms with Gasteiger partial charge in [0.2, 0.25) is 10.0 Å². The van der Waals surface area contributed by atoms with Gasteiger partial charge < -0.3 is 5.11 Å². The Balaban J connectivity index is 2.27. The monoisotopic (exact) mass is 311 g/mol. The van der Waals surface area contributed by atoms with E-state index in [1.807, 2.05) is 13.8 Å². The molecule has 1 N–H and O–H groups in total. The minimum atomic E-state index is -3.46. The van der Waals surface area contributed by atoms with Gasteiger partial charge in [-0.3, -0.25) is 0 Å². The average Bonchev–Trinajstić information content (AvgIpc) is 3.30. The van der Waals surface area contributed by atoms with Crippen molar-refractivity contribution in [3.63, 3.8) is 0 Å². The van der Waals surface area contributed by atoms with E-state index in [1.54, 1.807) is 28.6 Å². The maximum absolute atomic E-state index is 12.8. The predicted molar refractivity (Wildman–Crippen MR) is 83.5 cm³/mol. The van der Waals surface area contributed by atoms with Crippen LogP contribution in [0.3, 0.4) is 0 Å². The highest BCUT2D eigenvalue weighted by atomic mass is 32.2. The van der Waals surface area contributed by atoms with E-state index in [4.69, 9.17) is 0 Å². The molecule has 0 aromatic heterocycles. The van der Waals surface area contributed by atoms with Crippen molar-refractivity contribution in [2.75, 3.05) is 13.1 Å². The lowest BCUT2D eigenvalue weighted by atomic mass is 10.1. The molecule has 1 aliphatic carbocycles. The van der Waals surface area contributed by atoms with Gasteiger partial charge in [-0.05, 0) is 49.3 Å². The number of rotatable bonds is 8. The van der Waals surface area contributed by atoms with E-state index < -0.39 is 16.1 Å². The number of nitrogens with zero attached hydrogens (tertiary/aromatic N) is 1. The molecule has 0 bridgehead atoms. The van der Waals surface area contributed by atoms with Crippen molar-refractivity contribution < 1.29 is 13.5 Å². The van der Waals surface area contributed by atoms with E-state index >= 15 is 0 Å². The maximum Gasteiger partial charge on any atom is 0.243 e. The molecular weight excluding hydrogens is 286 g/mol. The number of aliphatic hydroxyl groups excluding tert-OH is 1. The Hall–Kier alpha value is -0.910. The Morgan fingerprint density at radius 2 is 2.05 bits per heavy atom. The predicted octanol–water partition coefficient (Wildman–Crippen LogP) is 2.94. The van der Waals surface area contributed by atoms with E-state index in [1.165, 1.54) is 0 Å². The first-order valence-corrected chi connectivity index (χ1v) is 9.21. The minimum absolute atomic E-state index is 0.293. The van der Waals surface area contributed by atoms with Crippen LogP contribution in [0.15, 0.2) is 29.2 Å². The van der Waals surface area contributed by atoms with Crippen LogP contribution in [0.4, 0.5) is 0 Å². The Morgan fingerprint density at radius 3 is 2.62 bits per heavy atom. The molecule has 0 heterocycles. The molecule has 0 aliphatic heterocycles. The molecule has 1 aromatic carbocycles. The summed E-state index contributed by atoms with van der Waals surface area (Å²) in [5.41, 5.74) is 0.668. The van der Waals surface area contributed by atoms with Crippen molar-refractivity contribution in [2.45, 2.75) is 50.5 Å². The van der Waals surface area contributed by atoms with Crippen LogP contribution in [0.25, 0.3) is 0 Å². The summed E-state index contributed by atoms with van der Waals surface area (Å²) in [5, 5.41) is 9.91. The van der Waals surface area contributed by atoms with Gasteiger partial charge in [0.15, 0.2) is 0 Å². The third-order valence-corrected chi connectivity index (χ3v) is 5.76. The molecule has 5 heteroatoms. The maximum atomic E-state index is 12.8. The zero-order chi connectivity index (χ0) is 15.5. The van der Waals surface area contributed by atoms with E-state index in [-0.39, 0.29) is 0 Å². The summed E-state index contributed by atoms with van der Waals surface area (Å²) in [5.74, 6) is 0.524. The lowest BCUT2D eigenvalue weighted by Crippen LogP contribution is -2.33. The summed E-state index contributed by atoms with van der Waals surface area (Å²) in [4.78, 5) is 0.293. The molecule has 21 heavy (non-hydrogen) atoms. The van der Waals surface area contributed by atoms with Gasteiger partial charge in [0.1, 0.15) is 0 Å². The van der Waals surface area contributed by atoms with Gasteiger partial charge in [-0.15, -0.1) is 0 Å². The molecular formula is C16H25NO3S. The fraction of sp³-hybridized carbons (Fsp3) is 0.625. The molecule has 1 aromatic rings. The van der Waals surface area contributed by atoms with E-state index in [9.17, 15) is 13.5 Å². The number of hydrogen-bond donors (Lipinski definition) is 1. The van der Waals surface area contributed by atoms with Gasteiger partial charge >= 0.3 is 0 Å². The highest BCUT2D eigenvalue weighted by molar-refractivity contribution is 7.89. The highest BCUT2D eigenvalue weighted by Crippen LogP contribution is 2.32. The Bertz CT molecular complexity index is 567. The lowest BCUT2D eigenvalue weighted by Gasteiger charge is -2.22. The van der Waals surface area contributed by atoms with Crippen molar-refractivity contribution in [3.8, 4) is 0 Å². The molecule has 4 nitrogen and oxygen atoms in total. The fourth-order valence-corrected chi connectivity index (χ4v) is 4.08. The van der Waals surface area contributed by atoms with Crippen LogP contribution in [0, 0.1) is 5.92 Å². The Morgan fingerprint density at radius 1 is 1.33 bits per heavy atom. The zero-order valence-corrected chi connectivity index (χ0v) is 13.6. The van der Waals surface area contributed by atoms with Crippen LogP contribution in [-0.4, -0.2) is 30.9 Å². The minimum Gasteiger partial charge on any atom is -0.388 e. The molecule has 1 atom stereocenters. The molecule has 1 unspecified atom stereocenters. The second-order valence-corrected chi connectivity index (χ2v) is 7.74. The number of hydrogen-bond acceptors (Lipinski definition) is 3. The lowest BCUT2D eigenvalue weighted by molar-refractivity contribution is 0.173. The van der Waals surface area contributed by atoms with Gasteiger partial charge in [-0.25, -0.2) is 8.42 Å². The summed E-state index contributed by atoms with van der Waals surface area (Å²) < 4.78 is 27.2. The van der Waals surface area contributed by atoms with Crippen molar-refractivity contribution in [1.29, 1.82) is 0 Å². The van der Waals surface area contributed by atoms with Crippen molar-refractivity contribution in [3.05, 3.63) is 29.8 Å². The van der Waals surface area contributed by atoms with Crippen LogP contribution in [0.2, 0.25) is 0 Å². The molecule has 1 fully saturated rings. The van der Waals surface area contributed by atoms with Gasteiger partial charge in [-0.1, -0.05) is 26.0 Å². The first-order chi connectivity index (χ1) is 9.98. The quantitative estimate of drug-likeness (QED) is 0.803. The average molecular weight is 311 g/mol. The normalized spacial score (nSPS) is 17.1. The van der Waals surface area contributed by atoms with Crippen molar-refractivity contribution in [2.24, 2.45) is 5.92 Å². The van der Waals surface area contributed by atoms with Gasteiger partial charge in [0, 0.05) is 13.1 Å². The number of aliphatic hydroxyl groups is 1. The standard InChI is InChI=1S/C16H25NO3S/c1-3-10-17(12-13-8-9-13)21(19,20)15-7-5-6-14(11-15)16(18)4-2/h5-7,11,13,16,18H,3-4,8-10,12H2,1-2H3. The van der Waals surface area contributed by atoms with Gasteiger partial charge in [-0.2, -0.15) is 4.31 Å². The second kappa shape index (κ2) is 6.90. The van der Waals surface area contributed by atoms with E-state index in [0.717, 1.165) is 19.3 Å². The molecule has 0 amide bonds. The topological polar surface area (TPSA) is 57.6 Å². The largest absolute Gasteiger partial charge is 0.388 e. The zero-order valence-electron chi connectivity index (χ0n) is 12.8.